The lowest BCUT2D eigenvalue weighted by molar-refractivity contribution is -0.134. The van der Waals surface area contributed by atoms with Gasteiger partial charge in [0.15, 0.2) is 12.2 Å². The van der Waals surface area contributed by atoms with Crippen molar-refractivity contribution in [1.29, 1.82) is 0 Å². The Morgan fingerprint density at radius 3 is 2.79 bits per heavy atom. The Bertz CT molecular complexity index is 557. The number of rotatable bonds is 5. The summed E-state index contributed by atoms with van der Waals surface area (Å²) < 4.78 is 10.1. The predicted octanol–water partition coefficient (Wildman–Crippen LogP) is 2.03. The van der Waals surface area contributed by atoms with E-state index in [4.69, 9.17) is 9.15 Å². The van der Waals surface area contributed by atoms with E-state index in [-0.39, 0.29) is 19.6 Å². The van der Waals surface area contributed by atoms with E-state index in [1.807, 2.05) is 13.8 Å². The second-order valence-electron chi connectivity index (χ2n) is 4.02. The molecule has 0 unspecified atom stereocenters. The molecule has 2 aromatic heterocycles. The molecule has 0 saturated heterocycles. The van der Waals surface area contributed by atoms with E-state index in [0.717, 1.165) is 5.52 Å². The van der Waals surface area contributed by atoms with Gasteiger partial charge in [0, 0.05) is 26.6 Å². The number of hydrogen-bond acceptors (Lipinski definition) is 4. The molecule has 6 heteroatoms. The van der Waals surface area contributed by atoms with E-state index in [1.54, 1.807) is 17.0 Å². The Labute approximate surface area is 111 Å². The van der Waals surface area contributed by atoms with Crippen molar-refractivity contribution in [3.8, 4) is 0 Å². The molecule has 1 amide bonds. The molecule has 2 rings (SSSR count). The van der Waals surface area contributed by atoms with Crippen molar-refractivity contribution >= 4 is 23.0 Å². The van der Waals surface area contributed by atoms with Crippen LogP contribution in [-0.4, -0.2) is 41.5 Å². The van der Waals surface area contributed by atoms with E-state index in [1.165, 1.54) is 6.26 Å². The predicted molar refractivity (Wildman–Crippen MR) is 70.9 cm³/mol. The van der Waals surface area contributed by atoms with Crippen LogP contribution in [0.2, 0.25) is 0 Å². The average Bonchev–Trinajstić information content (AvgIpc) is 2.98. The number of likely N-dealkylation sites (N-methyl/N-ethyl adjacent to an activating group) is 1. The molecule has 2 heterocycles. The van der Waals surface area contributed by atoms with Crippen molar-refractivity contribution in [3.05, 3.63) is 24.1 Å². The Balaban J connectivity index is 0.00000200. The molecule has 0 bridgehead atoms. The smallest absolute Gasteiger partial charge is 0.355 e. The maximum atomic E-state index is 11.8. The van der Waals surface area contributed by atoms with Gasteiger partial charge < -0.3 is 19.0 Å². The Hall–Kier alpha value is -2.24. The maximum absolute atomic E-state index is 11.8. The van der Waals surface area contributed by atoms with Gasteiger partial charge in [-0.2, -0.15) is 0 Å². The van der Waals surface area contributed by atoms with Gasteiger partial charge in [0.05, 0.1) is 11.8 Å². The average molecular weight is 266 g/mol. The summed E-state index contributed by atoms with van der Waals surface area (Å²) in [6.07, 6.45) is 1.53. The Morgan fingerprint density at radius 2 is 2.16 bits per heavy atom. The number of carbonyl (C=O) groups is 2. The molecular weight excluding hydrogens is 248 g/mol. The highest BCUT2D eigenvalue weighted by Crippen LogP contribution is 2.16. The molecule has 1 N–H and O–H groups in total. The molecule has 0 fully saturated rings. The van der Waals surface area contributed by atoms with Crippen LogP contribution in [0.5, 0.6) is 0 Å². The van der Waals surface area contributed by atoms with Gasteiger partial charge in [-0.1, -0.05) is 0 Å². The number of hydrogen-bond donors (Lipinski definition) is 1. The fraction of sp³-hybridized carbons (Fsp3) is 0.385. The van der Waals surface area contributed by atoms with Crippen molar-refractivity contribution in [2.75, 3.05) is 19.7 Å². The first-order valence-corrected chi connectivity index (χ1v) is 6.16. The molecule has 0 spiro atoms. The zero-order chi connectivity index (χ0) is 13.8. The lowest BCUT2D eigenvalue weighted by atomic mass is 10.4. The van der Waals surface area contributed by atoms with Crippen LogP contribution >= 0.6 is 0 Å². The highest BCUT2D eigenvalue weighted by atomic mass is 16.5. The quantitative estimate of drug-likeness (QED) is 0.840. The molecule has 0 aliphatic heterocycles. The van der Waals surface area contributed by atoms with E-state index in [9.17, 15) is 9.59 Å². The SMILES string of the molecule is CCN(CC)C(=O)COC(=O)c1cc2occc2[nH]1.[HH]. The zero-order valence-electron chi connectivity index (χ0n) is 10.9. The minimum absolute atomic E-state index is 0. The highest BCUT2D eigenvalue weighted by molar-refractivity contribution is 5.94. The van der Waals surface area contributed by atoms with Crippen LogP contribution in [-0.2, 0) is 9.53 Å². The van der Waals surface area contributed by atoms with Gasteiger partial charge >= 0.3 is 5.97 Å². The van der Waals surface area contributed by atoms with Crippen LogP contribution in [0.3, 0.4) is 0 Å². The lowest BCUT2D eigenvalue weighted by Gasteiger charge is -2.17. The van der Waals surface area contributed by atoms with Gasteiger partial charge in [-0.15, -0.1) is 0 Å². The van der Waals surface area contributed by atoms with Crippen LogP contribution in [0.4, 0.5) is 0 Å². The number of aromatic nitrogens is 1. The number of fused-ring (bicyclic) bond motifs is 1. The van der Waals surface area contributed by atoms with E-state index < -0.39 is 5.97 Å². The summed E-state index contributed by atoms with van der Waals surface area (Å²) in [6, 6.07) is 3.27. The molecule has 104 valence electrons. The number of ether oxygens (including phenoxy) is 1. The summed E-state index contributed by atoms with van der Waals surface area (Å²) in [5.74, 6) is -0.763. The zero-order valence-corrected chi connectivity index (χ0v) is 10.9. The fourth-order valence-electron chi connectivity index (χ4n) is 1.83. The standard InChI is InChI=1S/C13H16N2O4.H2/c1-3-15(4-2)12(16)8-19-13(17)10-7-11-9(14-10)5-6-18-11;/h5-7,14H,3-4,8H2,1-2H3;1H. The molecule has 2 aromatic rings. The van der Waals surface area contributed by atoms with Crippen LogP contribution in [0, 0.1) is 0 Å². The first-order valence-electron chi connectivity index (χ1n) is 6.16. The van der Waals surface area contributed by atoms with Crippen LogP contribution in [0.25, 0.3) is 11.1 Å². The number of furan rings is 1. The fourth-order valence-corrected chi connectivity index (χ4v) is 1.83. The van der Waals surface area contributed by atoms with E-state index in [0.29, 0.717) is 18.7 Å². The Morgan fingerprint density at radius 1 is 1.42 bits per heavy atom. The van der Waals surface area contributed by atoms with Crippen molar-refractivity contribution in [3.63, 3.8) is 0 Å². The van der Waals surface area contributed by atoms with Gasteiger partial charge in [0.2, 0.25) is 0 Å². The monoisotopic (exact) mass is 266 g/mol. The van der Waals surface area contributed by atoms with Gasteiger partial charge in [0.25, 0.3) is 5.91 Å². The molecule has 6 nitrogen and oxygen atoms in total. The van der Waals surface area contributed by atoms with Gasteiger partial charge in [-0.05, 0) is 13.8 Å². The summed E-state index contributed by atoms with van der Waals surface area (Å²) in [4.78, 5) is 27.9. The van der Waals surface area contributed by atoms with Gasteiger partial charge in [-0.25, -0.2) is 4.79 Å². The topological polar surface area (TPSA) is 75.5 Å². The van der Waals surface area contributed by atoms with Gasteiger partial charge in [0.1, 0.15) is 5.69 Å². The second kappa shape index (κ2) is 5.60. The van der Waals surface area contributed by atoms with Crippen molar-refractivity contribution in [2.45, 2.75) is 13.8 Å². The van der Waals surface area contributed by atoms with Crippen LogP contribution < -0.4 is 0 Å². The third-order valence-electron chi connectivity index (χ3n) is 2.90. The maximum Gasteiger partial charge on any atom is 0.355 e. The largest absolute Gasteiger partial charge is 0.463 e. The molecule has 0 atom stereocenters. The first-order chi connectivity index (χ1) is 9.15. The van der Waals surface area contributed by atoms with E-state index in [2.05, 4.69) is 4.98 Å². The van der Waals surface area contributed by atoms with Crippen LogP contribution in [0.1, 0.15) is 25.8 Å². The van der Waals surface area contributed by atoms with E-state index >= 15 is 0 Å². The summed E-state index contributed by atoms with van der Waals surface area (Å²) in [6.45, 7) is 4.70. The third-order valence-corrected chi connectivity index (χ3v) is 2.90. The Kier molecular flexibility index (Phi) is 3.89. The molecule has 0 saturated carbocycles. The number of nitrogens with one attached hydrogen (secondary N) is 1. The minimum Gasteiger partial charge on any atom is -0.463 e. The summed E-state index contributed by atoms with van der Waals surface area (Å²) in [5, 5.41) is 0. The summed E-state index contributed by atoms with van der Waals surface area (Å²) >= 11 is 0. The molecular formula is C13H18N2O4. The minimum atomic E-state index is -0.563. The molecule has 0 aliphatic rings. The first kappa shape index (κ1) is 13.2. The van der Waals surface area contributed by atoms with Crippen molar-refractivity contribution < 1.29 is 20.2 Å². The normalized spacial score (nSPS) is 10.6. The van der Waals surface area contributed by atoms with Crippen molar-refractivity contribution in [2.24, 2.45) is 0 Å². The lowest BCUT2D eigenvalue weighted by Crippen LogP contribution is -2.34. The van der Waals surface area contributed by atoms with Crippen molar-refractivity contribution in [1.82, 2.24) is 9.88 Å². The second-order valence-corrected chi connectivity index (χ2v) is 4.02. The van der Waals surface area contributed by atoms with Gasteiger partial charge in [-0.3, -0.25) is 4.79 Å². The molecule has 0 radical (unpaired) electrons. The molecule has 0 aromatic carbocycles. The number of esters is 1. The number of H-pyrrole nitrogens is 1. The molecule has 0 aliphatic carbocycles. The third kappa shape index (κ3) is 2.78. The van der Waals surface area contributed by atoms with Crippen LogP contribution in [0.15, 0.2) is 22.8 Å². The highest BCUT2D eigenvalue weighted by Gasteiger charge is 2.16. The summed E-state index contributed by atoms with van der Waals surface area (Å²) in [5.41, 5.74) is 1.59. The number of aromatic amines is 1. The number of nitrogens with zero attached hydrogens (tertiary/aromatic N) is 1. The number of amides is 1. The summed E-state index contributed by atoms with van der Waals surface area (Å²) in [7, 11) is 0. The number of carbonyl (C=O) groups excluding carboxylic acids is 2. The molecule has 19 heavy (non-hydrogen) atoms.